The summed E-state index contributed by atoms with van der Waals surface area (Å²) in [6.07, 6.45) is 0. The lowest BCUT2D eigenvalue weighted by Gasteiger charge is -2.13. The lowest BCUT2D eigenvalue weighted by Crippen LogP contribution is -2.08. The molecule has 66 valence electrons. The zero-order chi connectivity index (χ0) is 9.14. The van der Waals surface area contributed by atoms with E-state index >= 15 is 0 Å². The molecule has 0 saturated carbocycles. The number of halogens is 1. The average Bonchev–Trinajstić information content (AvgIpc) is 2.03. The Balaban J connectivity index is 3.06. The van der Waals surface area contributed by atoms with Crippen molar-refractivity contribution in [3.8, 4) is 5.75 Å². The number of anilines is 1. The predicted octanol–water partition coefficient (Wildman–Crippen LogP) is 2.52. The second-order valence-electron chi connectivity index (χ2n) is 2.74. The Hall–Kier alpha value is -0.700. The highest BCUT2D eigenvalue weighted by molar-refractivity contribution is 9.10. The third-order valence-electron chi connectivity index (χ3n) is 1.61. The SMILES string of the molecule is COc1cc(Br)cc(N(C)C)c1. The van der Waals surface area contributed by atoms with E-state index in [0.717, 1.165) is 15.9 Å². The number of ether oxygens (including phenoxy) is 1. The minimum Gasteiger partial charge on any atom is -0.497 e. The Kier molecular flexibility index (Phi) is 2.98. The van der Waals surface area contributed by atoms with Crippen molar-refractivity contribution >= 4 is 21.6 Å². The van der Waals surface area contributed by atoms with Crippen LogP contribution in [0.1, 0.15) is 0 Å². The molecule has 1 rings (SSSR count). The van der Waals surface area contributed by atoms with Gasteiger partial charge in [-0.3, -0.25) is 0 Å². The van der Waals surface area contributed by atoms with Gasteiger partial charge in [0.1, 0.15) is 5.75 Å². The van der Waals surface area contributed by atoms with Crippen LogP contribution in [0, 0.1) is 0 Å². The monoisotopic (exact) mass is 229 g/mol. The van der Waals surface area contributed by atoms with Crippen molar-refractivity contribution in [2.75, 3.05) is 26.1 Å². The first-order valence-corrected chi connectivity index (χ1v) is 4.44. The van der Waals surface area contributed by atoms with Crippen molar-refractivity contribution in [3.05, 3.63) is 22.7 Å². The molecule has 1 aromatic carbocycles. The van der Waals surface area contributed by atoms with Crippen molar-refractivity contribution in [2.45, 2.75) is 0 Å². The fourth-order valence-corrected chi connectivity index (χ4v) is 1.38. The van der Waals surface area contributed by atoms with Gasteiger partial charge in [-0.05, 0) is 12.1 Å². The van der Waals surface area contributed by atoms with Crippen LogP contribution >= 0.6 is 15.9 Å². The first-order chi connectivity index (χ1) is 5.63. The maximum absolute atomic E-state index is 5.13. The molecule has 1 aromatic rings. The Bertz CT molecular complexity index is 273. The van der Waals surface area contributed by atoms with Gasteiger partial charge in [-0.15, -0.1) is 0 Å². The van der Waals surface area contributed by atoms with E-state index in [1.807, 2.05) is 37.2 Å². The van der Waals surface area contributed by atoms with Crippen LogP contribution in [-0.2, 0) is 0 Å². The molecule has 0 atom stereocenters. The first-order valence-electron chi connectivity index (χ1n) is 3.65. The third-order valence-corrected chi connectivity index (χ3v) is 2.07. The van der Waals surface area contributed by atoms with Gasteiger partial charge < -0.3 is 9.64 Å². The van der Waals surface area contributed by atoms with Crippen LogP contribution < -0.4 is 9.64 Å². The van der Waals surface area contributed by atoms with Gasteiger partial charge in [-0.1, -0.05) is 15.9 Å². The molecule has 0 saturated heterocycles. The topological polar surface area (TPSA) is 12.5 Å². The van der Waals surface area contributed by atoms with Crippen molar-refractivity contribution in [1.82, 2.24) is 0 Å². The van der Waals surface area contributed by atoms with Crippen LogP contribution in [0.3, 0.4) is 0 Å². The van der Waals surface area contributed by atoms with Crippen molar-refractivity contribution in [2.24, 2.45) is 0 Å². The van der Waals surface area contributed by atoms with Crippen LogP contribution in [-0.4, -0.2) is 21.2 Å². The highest BCUT2D eigenvalue weighted by Gasteiger charge is 2.00. The molecule has 12 heavy (non-hydrogen) atoms. The molecule has 0 aliphatic rings. The number of methoxy groups -OCH3 is 1. The maximum Gasteiger partial charge on any atom is 0.122 e. The van der Waals surface area contributed by atoms with Gasteiger partial charge in [0.05, 0.1) is 7.11 Å². The molecule has 2 nitrogen and oxygen atoms in total. The Morgan fingerprint density at radius 3 is 2.42 bits per heavy atom. The highest BCUT2D eigenvalue weighted by Crippen LogP contribution is 2.25. The smallest absolute Gasteiger partial charge is 0.122 e. The number of rotatable bonds is 2. The summed E-state index contributed by atoms with van der Waals surface area (Å²) in [6, 6.07) is 5.97. The first kappa shape index (κ1) is 9.39. The van der Waals surface area contributed by atoms with Gasteiger partial charge in [0.2, 0.25) is 0 Å². The fraction of sp³-hybridized carbons (Fsp3) is 0.333. The zero-order valence-electron chi connectivity index (χ0n) is 7.47. The van der Waals surface area contributed by atoms with E-state index in [1.165, 1.54) is 0 Å². The van der Waals surface area contributed by atoms with E-state index in [4.69, 9.17) is 4.74 Å². The quantitative estimate of drug-likeness (QED) is 0.773. The predicted molar refractivity (Wildman–Crippen MR) is 55.0 cm³/mol. The van der Waals surface area contributed by atoms with E-state index in [2.05, 4.69) is 15.9 Å². The van der Waals surface area contributed by atoms with E-state index in [0.29, 0.717) is 0 Å². The molecule has 0 bridgehead atoms. The lowest BCUT2D eigenvalue weighted by atomic mass is 10.3. The van der Waals surface area contributed by atoms with Gasteiger partial charge in [-0.25, -0.2) is 0 Å². The molecule has 0 fully saturated rings. The summed E-state index contributed by atoms with van der Waals surface area (Å²) < 4.78 is 6.16. The minimum absolute atomic E-state index is 0.869. The zero-order valence-corrected chi connectivity index (χ0v) is 9.05. The van der Waals surface area contributed by atoms with Crippen LogP contribution in [0.2, 0.25) is 0 Å². The van der Waals surface area contributed by atoms with E-state index in [1.54, 1.807) is 7.11 Å². The molecular formula is C9H12BrNO. The maximum atomic E-state index is 5.13. The summed E-state index contributed by atoms with van der Waals surface area (Å²) >= 11 is 3.42. The Labute approximate surface area is 81.3 Å². The standard InChI is InChI=1S/C9H12BrNO/c1-11(2)8-4-7(10)5-9(6-8)12-3/h4-6H,1-3H3. The van der Waals surface area contributed by atoms with E-state index in [-0.39, 0.29) is 0 Å². The van der Waals surface area contributed by atoms with Gasteiger partial charge in [0.15, 0.2) is 0 Å². The largest absolute Gasteiger partial charge is 0.497 e. The molecule has 0 amide bonds. The molecule has 0 unspecified atom stereocenters. The number of hydrogen-bond donors (Lipinski definition) is 0. The van der Waals surface area contributed by atoms with Crippen LogP contribution in [0.5, 0.6) is 5.75 Å². The van der Waals surface area contributed by atoms with E-state index < -0.39 is 0 Å². The van der Waals surface area contributed by atoms with Crippen LogP contribution in [0.15, 0.2) is 22.7 Å². The van der Waals surface area contributed by atoms with E-state index in [9.17, 15) is 0 Å². The third kappa shape index (κ3) is 2.14. The molecular weight excluding hydrogens is 218 g/mol. The number of nitrogens with zero attached hydrogens (tertiary/aromatic N) is 1. The Morgan fingerprint density at radius 1 is 1.25 bits per heavy atom. The lowest BCUT2D eigenvalue weighted by molar-refractivity contribution is 0.414. The fourth-order valence-electron chi connectivity index (χ4n) is 0.924. The second kappa shape index (κ2) is 3.81. The molecule has 3 heteroatoms. The summed E-state index contributed by atoms with van der Waals surface area (Å²) in [5.74, 6) is 0.869. The van der Waals surface area contributed by atoms with Gasteiger partial charge in [0, 0.05) is 30.3 Å². The van der Waals surface area contributed by atoms with Crippen LogP contribution in [0.25, 0.3) is 0 Å². The minimum atomic E-state index is 0.869. The molecule has 0 radical (unpaired) electrons. The van der Waals surface area contributed by atoms with Crippen LogP contribution in [0.4, 0.5) is 5.69 Å². The van der Waals surface area contributed by atoms with Gasteiger partial charge in [0.25, 0.3) is 0 Å². The summed E-state index contributed by atoms with van der Waals surface area (Å²) in [5.41, 5.74) is 1.13. The molecule has 0 aliphatic heterocycles. The molecule has 0 aliphatic carbocycles. The average molecular weight is 230 g/mol. The summed E-state index contributed by atoms with van der Waals surface area (Å²) in [7, 11) is 5.67. The molecule has 0 N–H and O–H groups in total. The summed E-state index contributed by atoms with van der Waals surface area (Å²) in [4.78, 5) is 2.04. The summed E-state index contributed by atoms with van der Waals surface area (Å²) in [6.45, 7) is 0. The number of benzene rings is 1. The number of hydrogen-bond acceptors (Lipinski definition) is 2. The van der Waals surface area contributed by atoms with Gasteiger partial charge >= 0.3 is 0 Å². The second-order valence-corrected chi connectivity index (χ2v) is 3.66. The van der Waals surface area contributed by atoms with Crippen molar-refractivity contribution < 1.29 is 4.74 Å². The highest BCUT2D eigenvalue weighted by atomic mass is 79.9. The van der Waals surface area contributed by atoms with Crippen molar-refractivity contribution in [1.29, 1.82) is 0 Å². The summed E-state index contributed by atoms with van der Waals surface area (Å²) in [5, 5.41) is 0. The Morgan fingerprint density at radius 2 is 1.92 bits per heavy atom. The van der Waals surface area contributed by atoms with Crippen molar-refractivity contribution in [3.63, 3.8) is 0 Å². The molecule has 0 aromatic heterocycles. The normalized spacial score (nSPS) is 9.67. The van der Waals surface area contributed by atoms with Gasteiger partial charge in [-0.2, -0.15) is 0 Å². The molecule has 0 heterocycles. The molecule has 0 spiro atoms.